The highest BCUT2D eigenvalue weighted by atomic mass is 19.1. The number of alkyl halides is 1. The first-order chi connectivity index (χ1) is 13.2. The van der Waals surface area contributed by atoms with E-state index in [1.54, 1.807) is 13.1 Å². The standard InChI is InChI=1S/C18H20F2N6O2/c1-10-15(26(27)28)16(25-6-5-21-9-25)24-17(22-10)23-14-4-3-11-12(14)7-18(2,20)8-13(11)19/h5-6,8-10,14H,3-4,7H2,1-2H3,(H2,22,23,24). The summed E-state index contributed by atoms with van der Waals surface area (Å²) < 4.78 is 30.2. The van der Waals surface area contributed by atoms with Crippen LogP contribution < -0.4 is 10.6 Å². The molecule has 3 atom stereocenters. The van der Waals surface area contributed by atoms with Crippen LogP contribution in [0.3, 0.4) is 0 Å². The first kappa shape index (κ1) is 18.3. The van der Waals surface area contributed by atoms with E-state index in [1.807, 2.05) is 0 Å². The lowest BCUT2D eigenvalue weighted by molar-refractivity contribution is -0.429. The third-order valence-electron chi connectivity index (χ3n) is 5.20. The molecular weight excluding hydrogens is 370 g/mol. The molecule has 148 valence electrons. The molecule has 10 heteroatoms. The van der Waals surface area contributed by atoms with Crippen molar-refractivity contribution >= 4 is 11.8 Å². The third kappa shape index (κ3) is 3.19. The van der Waals surface area contributed by atoms with E-state index in [1.165, 1.54) is 24.0 Å². The quantitative estimate of drug-likeness (QED) is 0.611. The van der Waals surface area contributed by atoms with Gasteiger partial charge >= 0.3 is 5.70 Å². The van der Waals surface area contributed by atoms with Crippen molar-refractivity contribution in [2.24, 2.45) is 4.99 Å². The second-order valence-electron chi connectivity index (χ2n) is 7.44. The lowest BCUT2D eigenvalue weighted by Crippen LogP contribution is -2.50. The topological polar surface area (TPSA) is 97.4 Å². The molecule has 2 N–H and O–H groups in total. The number of guanidine groups is 1. The number of allylic oxidation sites excluding steroid dienone is 3. The van der Waals surface area contributed by atoms with Gasteiger partial charge in [-0.05, 0) is 43.9 Å². The summed E-state index contributed by atoms with van der Waals surface area (Å²) in [6.45, 7) is 3.01. The Labute approximate surface area is 159 Å². The van der Waals surface area contributed by atoms with Crippen LogP contribution >= 0.6 is 0 Å². The summed E-state index contributed by atoms with van der Waals surface area (Å²) in [4.78, 5) is 19.6. The maximum Gasteiger partial charge on any atom is 0.308 e. The molecule has 8 nitrogen and oxygen atoms in total. The summed E-state index contributed by atoms with van der Waals surface area (Å²) in [5, 5.41) is 17.4. The Hall–Kier alpha value is -3.04. The van der Waals surface area contributed by atoms with Crippen LogP contribution in [0, 0.1) is 10.1 Å². The molecule has 0 amide bonds. The molecule has 28 heavy (non-hydrogen) atoms. The molecule has 4 rings (SSSR count). The third-order valence-corrected chi connectivity index (χ3v) is 5.20. The fourth-order valence-corrected chi connectivity index (χ4v) is 3.98. The molecule has 3 aliphatic rings. The number of aromatic nitrogens is 2. The summed E-state index contributed by atoms with van der Waals surface area (Å²) in [6, 6.07) is -0.996. The first-order valence-corrected chi connectivity index (χ1v) is 9.03. The molecule has 2 heterocycles. The van der Waals surface area contributed by atoms with E-state index in [4.69, 9.17) is 0 Å². The lowest BCUT2D eigenvalue weighted by Gasteiger charge is -2.27. The summed E-state index contributed by atoms with van der Waals surface area (Å²) in [7, 11) is 0. The fourth-order valence-electron chi connectivity index (χ4n) is 3.98. The number of hydrogen-bond acceptors (Lipinski definition) is 4. The first-order valence-electron chi connectivity index (χ1n) is 9.03. The molecule has 0 fully saturated rings. The largest absolute Gasteiger partial charge is 0.343 e. The number of rotatable bonds is 3. The number of nitrogens with zero attached hydrogens (tertiary/aromatic N) is 4. The number of halogens is 2. The van der Waals surface area contributed by atoms with Crippen LogP contribution in [0.4, 0.5) is 8.78 Å². The average Bonchev–Trinajstić information content (AvgIpc) is 3.23. The Morgan fingerprint density at radius 1 is 1.50 bits per heavy atom. The summed E-state index contributed by atoms with van der Waals surface area (Å²) in [5.74, 6) is 0.0577. The SMILES string of the molecule is CC1NC(=NC2CCC3=C2CC(C)(F)C=C3F)NC(n2ccnc2)=C1[N+](=O)[O-]. The van der Waals surface area contributed by atoms with Crippen LogP contribution in [0.2, 0.25) is 0 Å². The maximum absolute atomic E-state index is 14.4. The van der Waals surface area contributed by atoms with Crippen molar-refractivity contribution in [3.63, 3.8) is 0 Å². The van der Waals surface area contributed by atoms with E-state index in [9.17, 15) is 18.9 Å². The molecule has 3 unspecified atom stereocenters. The van der Waals surface area contributed by atoms with Crippen molar-refractivity contribution in [3.8, 4) is 0 Å². The minimum Gasteiger partial charge on any atom is -0.343 e. The van der Waals surface area contributed by atoms with Gasteiger partial charge in [0.15, 0.2) is 11.8 Å². The monoisotopic (exact) mass is 390 g/mol. The summed E-state index contributed by atoms with van der Waals surface area (Å²) in [6.07, 6.45) is 6.75. The zero-order valence-corrected chi connectivity index (χ0v) is 15.4. The summed E-state index contributed by atoms with van der Waals surface area (Å²) >= 11 is 0. The van der Waals surface area contributed by atoms with E-state index in [0.717, 1.165) is 6.08 Å². The van der Waals surface area contributed by atoms with Gasteiger partial charge in [-0.15, -0.1) is 0 Å². The smallest absolute Gasteiger partial charge is 0.308 e. The van der Waals surface area contributed by atoms with Crippen molar-refractivity contribution in [3.05, 3.63) is 57.6 Å². The Bertz CT molecular complexity index is 945. The Morgan fingerprint density at radius 3 is 2.96 bits per heavy atom. The van der Waals surface area contributed by atoms with Crippen LogP contribution in [0.1, 0.15) is 33.1 Å². The second kappa shape index (κ2) is 6.54. The molecule has 1 aliphatic heterocycles. The van der Waals surface area contributed by atoms with Gasteiger partial charge in [-0.25, -0.2) is 18.8 Å². The average molecular weight is 390 g/mol. The molecule has 0 radical (unpaired) electrons. The van der Waals surface area contributed by atoms with E-state index >= 15 is 0 Å². The van der Waals surface area contributed by atoms with Crippen molar-refractivity contribution in [2.75, 3.05) is 0 Å². The number of hydrogen-bond donors (Lipinski definition) is 2. The van der Waals surface area contributed by atoms with Crippen molar-refractivity contribution in [1.29, 1.82) is 0 Å². The van der Waals surface area contributed by atoms with Crippen molar-refractivity contribution in [2.45, 2.75) is 50.9 Å². The predicted octanol–water partition coefficient (Wildman–Crippen LogP) is 2.67. The fraction of sp³-hybridized carbons (Fsp3) is 0.444. The van der Waals surface area contributed by atoms with Gasteiger partial charge in [-0.1, -0.05) is 0 Å². The Kier molecular flexibility index (Phi) is 4.28. The molecule has 1 aromatic heterocycles. The van der Waals surface area contributed by atoms with Crippen LogP contribution in [0.5, 0.6) is 0 Å². The van der Waals surface area contributed by atoms with Crippen molar-refractivity contribution in [1.82, 2.24) is 20.2 Å². The zero-order valence-electron chi connectivity index (χ0n) is 15.4. The van der Waals surface area contributed by atoms with E-state index in [0.29, 0.717) is 29.9 Å². The normalized spacial score (nSPS) is 31.4. The van der Waals surface area contributed by atoms with Crippen LogP contribution in [-0.4, -0.2) is 38.2 Å². The highest BCUT2D eigenvalue weighted by Crippen LogP contribution is 2.44. The van der Waals surface area contributed by atoms with Gasteiger partial charge in [0.1, 0.15) is 23.9 Å². The van der Waals surface area contributed by atoms with Gasteiger partial charge in [0, 0.05) is 18.8 Å². The molecule has 2 aliphatic carbocycles. The summed E-state index contributed by atoms with van der Waals surface area (Å²) in [5.41, 5.74) is -0.606. The van der Waals surface area contributed by atoms with Crippen LogP contribution in [-0.2, 0) is 0 Å². The molecule has 0 saturated heterocycles. The van der Waals surface area contributed by atoms with Gasteiger partial charge < -0.3 is 10.6 Å². The molecular formula is C18H20F2N6O2. The zero-order chi connectivity index (χ0) is 20.1. The number of aliphatic imine (C=N–C) groups is 1. The van der Waals surface area contributed by atoms with Crippen LogP contribution in [0.15, 0.2) is 52.5 Å². The predicted molar refractivity (Wildman–Crippen MR) is 99.0 cm³/mol. The van der Waals surface area contributed by atoms with E-state index < -0.39 is 22.5 Å². The Balaban J connectivity index is 1.67. The second-order valence-corrected chi connectivity index (χ2v) is 7.44. The van der Waals surface area contributed by atoms with Gasteiger partial charge in [0.25, 0.3) is 0 Å². The maximum atomic E-state index is 14.4. The minimum absolute atomic E-state index is 0.0498. The van der Waals surface area contributed by atoms with Crippen LogP contribution in [0.25, 0.3) is 5.82 Å². The molecule has 1 aromatic rings. The highest BCUT2D eigenvalue weighted by Gasteiger charge is 2.39. The van der Waals surface area contributed by atoms with Gasteiger partial charge in [-0.2, -0.15) is 0 Å². The van der Waals surface area contributed by atoms with E-state index in [-0.39, 0.29) is 24.0 Å². The number of nitro groups is 1. The molecule has 0 aromatic carbocycles. The molecule has 0 saturated carbocycles. The molecule has 0 bridgehead atoms. The Morgan fingerprint density at radius 2 is 2.29 bits per heavy atom. The number of imidazole rings is 1. The lowest BCUT2D eigenvalue weighted by atomic mass is 9.88. The van der Waals surface area contributed by atoms with E-state index in [2.05, 4.69) is 20.6 Å². The molecule has 0 spiro atoms. The van der Waals surface area contributed by atoms with Crippen molar-refractivity contribution < 1.29 is 13.7 Å². The minimum atomic E-state index is -1.74. The number of nitrogens with one attached hydrogen (secondary N) is 2. The van der Waals surface area contributed by atoms with Gasteiger partial charge in [0.2, 0.25) is 0 Å². The van der Waals surface area contributed by atoms with Gasteiger partial charge in [0.05, 0.1) is 11.0 Å². The highest BCUT2D eigenvalue weighted by molar-refractivity contribution is 5.89. The van der Waals surface area contributed by atoms with Gasteiger partial charge in [-0.3, -0.25) is 14.7 Å².